The highest BCUT2D eigenvalue weighted by Gasteiger charge is 2.33. The van der Waals surface area contributed by atoms with E-state index in [1.54, 1.807) is 0 Å². The number of allylic oxidation sites excluding steroid dienone is 2. The van der Waals surface area contributed by atoms with E-state index < -0.39 is 0 Å². The molecule has 2 atom stereocenters. The van der Waals surface area contributed by atoms with Crippen LogP contribution in [-0.2, 0) is 0 Å². The van der Waals surface area contributed by atoms with Crippen LogP contribution in [-0.4, -0.2) is 20.6 Å². The van der Waals surface area contributed by atoms with Gasteiger partial charge in [0.05, 0.1) is 22.2 Å². The van der Waals surface area contributed by atoms with Crippen LogP contribution in [0.25, 0.3) is 87.1 Å². The first-order valence-corrected chi connectivity index (χ1v) is 20.2. The van der Waals surface area contributed by atoms with Gasteiger partial charge in [0, 0.05) is 53.9 Å². The van der Waals surface area contributed by atoms with Gasteiger partial charge in [-0.25, -0.2) is 9.97 Å². The largest absolute Gasteiger partial charge is 0.485 e. The van der Waals surface area contributed by atoms with Crippen LogP contribution in [0.2, 0.25) is 0 Å². The summed E-state index contributed by atoms with van der Waals surface area (Å²) in [6, 6.07) is 60.4. The molecule has 0 N–H and O–H groups in total. The fraction of sp³-hybridized carbons (Fsp3) is 0.0385. The Morgan fingerprint density at radius 2 is 1.28 bits per heavy atom. The van der Waals surface area contributed by atoms with Gasteiger partial charge >= 0.3 is 0 Å². The van der Waals surface area contributed by atoms with Crippen molar-refractivity contribution in [3.8, 4) is 45.2 Å². The Bertz CT molecular complexity index is 3280. The van der Waals surface area contributed by atoms with Crippen LogP contribution < -0.4 is 4.74 Å². The summed E-state index contributed by atoms with van der Waals surface area (Å²) in [7, 11) is 0. The van der Waals surface area contributed by atoms with Crippen molar-refractivity contribution in [1.29, 1.82) is 0 Å². The van der Waals surface area contributed by atoms with Gasteiger partial charge in [0.25, 0.3) is 0 Å². The van der Waals surface area contributed by atoms with Gasteiger partial charge in [-0.05, 0) is 89.0 Å². The van der Waals surface area contributed by atoms with Crippen molar-refractivity contribution in [2.75, 3.05) is 0 Å². The second-order valence-corrected chi connectivity index (χ2v) is 15.9. The van der Waals surface area contributed by atoms with Crippen LogP contribution in [0, 0.1) is 0 Å². The monoisotopic (exact) mass is 747 g/mol. The predicted molar refractivity (Wildman–Crippen MR) is 236 cm³/mol. The smallest absolute Gasteiger partial charge is 0.145 e. The highest BCUT2D eigenvalue weighted by molar-refractivity contribution is 7.26. The van der Waals surface area contributed by atoms with Gasteiger partial charge in [-0.3, -0.25) is 4.57 Å². The van der Waals surface area contributed by atoms with Crippen LogP contribution in [0.1, 0.15) is 17.0 Å². The molecule has 2 aliphatic rings. The number of rotatable bonds is 5. The molecule has 4 heterocycles. The number of thiophene rings is 1. The van der Waals surface area contributed by atoms with Gasteiger partial charge < -0.3 is 4.74 Å². The number of nitrogens with zero attached hydrogens (tertiary/aromatic N) is 3. The Morgan fingerprint density at radius 3 is 2.18 bits per heavy atom. The highest BCUT2D eigenvalue weighted by Crippen LogP contribution is 2.46. The molecule has 2 unspecified atom stereocenters. The highest BCUT2D eigenvalue weighted by atomic mass is 32.1. The molecule has 5 heteroatoms. The van der Waals surface area contributed by atoms with E-state index in [1.807, 2.05) is 17.4 Å². The fourth-order valence-corrected chi connectivity index (χ4v) is 10.1. The SMILES string of the molecule is C1=CC2Oc3ccccc3C2C=C1c1cc(-c2ccc(-n3c(-c4ccccc4)nc4ccccc43)cc2)cc(-c2nc3ccccc3c3sc4ccccc4c23)c1. The van der Waals surface area contributed by atoms with Crippen molar-refractivity contribution in [1.82, 2.24) is 14.5 Å². The molecule has 12 rings (SSSR count). The zero-order chi connectivity index (χ0) is 37.5. The van der Waals surface area contributed by atoms with Crippen LogP contribution >= 0.6 is 11.3 Å². The predicted octanol–water partition coefficient (Wildman–Crippen LogP) is 13.4. The Morgan fingerprint density at radius 1 is 0.561 bits per heavy atom. The zero-order valence-corrected chi connectivity index (χ0v) is 31.5. The standard InChI is InChI=1S/C52H33N3OS/c1-2-12-33(13-3-1)52-54-44-18-8-9-19-45(44)55(52)38-25-22-32(23-26-38)35-28-36(34-24-27-47-42(31-34)39-14-5-10-20-46(39)56-47)30-37(29-35)50-49-41-16-6-11-21-48(41)57-51(49)40-15-4-7-17-43(40)53-50/h1-31,42,47H. The third kappa shape index (κ3) is 5.20. The molecule has 268 valence electrons. The van der Waals surface area contributed by atoms with Gasteiger partial charge in [0.1, 0.15) is 17.7 Å². The first-order valence-electron chi connectivity index (χ1n) is 19.4. The Labute approximate surface area is 333 Å². The molecular formula is C52H33N3OS. The van der Waals surface area contributed by atoms with Gasteiger partial charge in [-0.2, -0.15) is 0 Å². The van der Waals surface area contributed by atoms with E-state index in [4.69, 9.17) is 14.7 Å². The van der Waals surface area contributed by atoms with E-state index in [0.29, 0.717) is 0 Å². The van der Waals surface area contributed by atoms with Crippen LogP contribution in [0.5, 0.6) is 5.75 Å². The molecule has 0 saturated heterocycles. The molecule has 7 aromatic carbocycles. The lowest BCUT2D eigenvalue weighted by Gasteiger charge is -2.20. The molecule has 57 heavy (non-hydrogen) atoms. The molecule has 0 fully saturated rings. The lowest BCUT2D eigenvalue weighted by Crippen LogP contribution is -2.17. The minimum atomic E-state index is 0.000307. The molecular weight excluding hydrogens is 715 g/mol. The van der Waals surface area contributed by atoms with Gasteiger partial charge in [-0.1, -0.05) is 121 Å². The second kappa shape index (κ2) is 12.7. The van der Waals surface area contributed by atoms with Crippen LogP contribution in [0.4, 0.5) is 0 Å². The Balaban J connectivity index is 1.06. The van der Waals surface area contributed by atoms with E-state index >= 15 is 0 Å². The van der Waals surface area contributed by atoms with Crippen molar-refractivity contribution >= 4 is 59.0 Å². The summed E-state index contributed by atoms with van der Waals surface area (Å²) in [5, 5.41) is 3.64. The summed E-state index contributed by atoms with van der Waals surface area (Å²) >= 11 is 1.85. The Hall–Kier alpha value is -7.08. The quantitative estimate of drug-likeness (QED) is 0.176. The van der Waals surface area contributed by atoms with Crippen molar-refractivity contribution in [3.63, 3.8) is 0 Å². The molecule has 1 aliphatic heterocycles. The number of para-hydroxylation sites is 4. The van der Waals surface area contributed by atoms with Crippen LogP contribution in [0.3, 0.4) is 0 Å². The van der Waals surface area contributed by atoms with Crippen molar-refractivity contribution in [2.45, 2.75) is 12.0 Å². The lowest BCUT2D eigenvalue weighted by molar-refractivity contribution is 0.269. The summed E-state index contributed by atoms with van der Waals surface area (Å²) in [6.07, 6.45) is 6.85. The van der Waals surface area contributed by atoms with E-state index in [2.05, 4.69) is 187 Å². The third-order valence-electron chi connectivity index (χ3n) is 11.5. The van der Waals surface area contributed by atoms with Crippen LogP contribution in [0.15, 0.2) is 188 Å². The number of hydrogen-bond acceptors (Lipinski definition) is 4. The molecule has 3 aromatic heterocycles. The summed E-state index contributed by atoms with van der Waals surface area (Å²) in [6.45, 7) is 0. The number of aromatic nitrogens is 3. The van der Waals surface area contributed by atoms with Gasteiger partial charge in [0.2, 0.25) is 0 Å². The maximum atomic E-state index is 6.36. The first kappa shape index (κ1) is 32.2. The maximum absolute atomic E-state index is 6.36. The number of hydrogen-bond donors (Lipinski definition) is 0. The zero-order valence-electron chi connectivity index (χ0n) is 30.7. The molecule has 0 amide bonds. The number of fused-ring (bicyclic) bond motifs is 9. The number of pyridine rings is 1. The number of imidazole rings is 1. The summed E-state index contributed by atoms with van der Waals surface area (Å²) < 4.78 is 11.2. The molecule has 1 aliphatic carbocycles. The molecule has 4 nitrogen and oxygen atoms in total. The van der Waals surface area contributed by atoms with Gasteiger partial charge in [0.15, 0.2) is 0 Å². The van der Waals surface area contributed by atoms with E-state index in [1.165, 1.54) is 36.7 Å². The summed E-state index contributed by atoms with van der Waals surface area (Å²) in [5.74, 6) is 2.05. The molecule has 0 spiro atoms. The topological polar surface area (TPSA) is 39.9 Å². The maximum Gasteiger partial charge on any atom is 0.145 e. The average Bonchev–Trinajstić information content (AvgIpc) is 3.98. The summed E-state index contributed by atoms with van der Waals surface area (Å²) in [4.78, 5) is 10.5. The second-order valence-electron chi connectivity index (χ2n) is 14.9. The van der Waals surface area contributed by atoms with E-state index in [-0.39, 0.29) is 12.0 Å². The van der Waals surface area contributed by atoms with Gasteiger partial charge in [-0.15, -0.1) is 11.3 Å². The third-order valence-corrected chi connectivity index (χ3v) is 12.7. The van der Waals surface area contributed by atoms with Crippen molar-refractivity contribution in [2.24, 2.45) is 0 Å². The van der Waals surface area contributed by atoms with E-state index in [0.717, 1.165) is 67.3 Å². The van der Waals surface area contributed by atoms with Crippen molar-refractivity contribution < 1.29 is 4.74 Å². The minimum Gasteiger partial charge on any atom is -0.485 e. The van der Waals surface area contributed by atoms with E-state index in [9.17, 15) is 0 Å². The molecule has 0 radical (unpaired) electrons. The molecule has 0 saturated carbocycles. The summed E-state index contributed by atoms with van der Waals surface area (Å²) in [5.41, 5.74) is 13.1. The number of benzene rings is 7. The molecule has 0 bridgehead atoms. The first-order chi connectivity index (χ1) is 28.2. The Kier molecular flexibility index (Phi) is 7.19. The normalized spacial score (nSPS) is 15.9. The number of ether oxygens (including phenoxy) is 1. The lowest BCUT2D eigenvalue weighted by atomic mass is 9.85. The average molecular weight is 748 g/mol. The molecule has 10 aromatic rings. The fourth-order valence-electron chi connectivity index (χ4n) is 8.83. The van der Waals surface area contributed by atoms with Crippen molar-refractivity contribution in [3.05, 3.63) is 199 Å². The minimum absolute atomic E-state index is 0.000307.